The Balaban J connectivity index is 3.65. The maximum atomic E-state index is 2.37. The second-order valence-corrected chi connectivity index (χ2v) is 5.41. The van der Waals surface area contributed by atoms with Crippen molar-refractivity contribution in [3.8, 4) is 0 Å². The topological polar surface area (TPSA) is 0 Å². The molecule has 0 heteroatoms. The third kappa shape index (κ3) is 6.98. The maximum absolute atomic E-state index is 2.37. The molecule has 0 aromatic rings. The molecule has 0 spiro atoms. The lowest BCUT2D eigenvalue weighted by Gasteiger charge is -2.20. The van der Waals surface area contributed by atoms with Crippen molar-refractivity contribution in [3.05, 3.63) is 0 Å². The fourth-order valence-corrected chi connectivity index (χ4v) is 2.64. The summed E-state index contributed by atoms with van der Waals surface area (Å²) in [6, 6.07) is 0. The summed E-state index contributed by atoms with van der Waals surface area (Å²) in [5, 5.41) is 0. The minimum Gasteiger partial charge on any atom is -0.0654 e. The Hall–Kier alpha value is 0. The van der Waals surface area contributed by atoms with Gasteiger partial charge >= 0.3 is 0 Å². The molecule has 0 saturated heterocycles. The second kappa shape index (κ2) is 9.24. The number of rotatable bonds is 9. The van der Waals surface area contributed by atoms with Crippen LogP contribution in [-0.2, 0) is 0 Å². The van der Waals surface area contributed by atoms with Gasteiger partial charge in [0.1, 0.15) is 0 Å². The van der Waals surface area contributed by atoms with Crippen LogP contribution in [0.2, 0.25) is 0 Å². The Morgan fingerprint density at radius 3 is 1.87 bits per heavy atom. The van der Waals surface area contributed by atoms with Crippen LogP contribution in [0, 0.1) is 17.8 Å². The first-order valence-corrected chi connectivity index (χ1v) is 7.15. The number of hydrogen-bond acceptors (Lipinski definition) is 0. The van der Waals surface area contributed by atoms with Gasteiger partial charge in [-0.25, -0.2) is 0 Å². The lowest BCUT2D eigenvalue weighted by atomic mass is 9.86. The molecule has 0 saturated carbocycles. The van der Waals surface area contributed by atoms with Crippen molar-refractivity contribution < 1.29 is 0 Å². The molecule has 0 rings (SSSR count). The van der Waals surface area contributed by atoms with Gasteiger partial charge in [-0.1, -0.05) is 79.6 Å². The van der Waals surface area contributed by atoms with Crippen LogP contribution in [0.15, 0.2) is 0 Å². The lowest BCUT2D eigenvalue weighted by molar-refractivity contribution is 0.316. The van der Waals surface area contributed by atoms with Gasteiger partial charge in [-0.3, -0.25) is 0 Å². The van der Waals surface area contributed by atoms with E-state index >= 15 is 0 Å². The molecule has 0 amide bonds. The van der Waals surface area contributed by atoms with E-state index < -0.39 is 0 Å². The Morgan fingerprint density at radius 1 is 0.800 bits per heavy atom. The first kappa shape index (κ1) is 15.0. The van der Waals surface area contributed by atoms with Gasteiger partial charge in [0.05, 0.1) is 0 Å². The Kier molecular flexibility index (Phi) is 9.24. The van der Waals surface area contributed by atoms with Crippen LogP contribution in [0.4, 0.5) is 0 Å². The monoisotopic (exact) mass is 212 g/mol. The summed E-state index contributed by atoms with van der Waals surface area (Å²) >= 11 is 0. The first-order valence-electron chi connectivity index (χ1n) is 7.15. The molecule has 0 aromatic heterocycles. The summed E-state index contributed by atoms with van der Waals surface area (Å²) in [6.45, 7) is 11.7. The van der Waals surface area contributed by atoms with Gasteiger partial charge in [0, 0.05) is 0 Å². The van der Waals surface area contributed by atoms with Gasteiger partial charge in [-0.15, -0.1) is 0 Å². The van der Waals surface area contributed by atoms with Crippen molar-refractivity contribution in [3.63, 3.8) is 0 Å². The molecule has 2 atom stereocenters. The minimum absolute atomic E-state index is 0.876. The standard InChI is InChI=1S/C15H32/c1-6-10-14(7-2)11-9-12-15(8-3)13(4)5/h13-15H,6-12H2,1-5H3. The van der Waals surface area contributed by atoms with Crippen molar-refractivity contribution in [2.45, 2.75) is 79.6 Å². The first-order chi connectivity index (χ1) is 7.15. The largest absolute Gasteiger partial charge is 0.0654 e. The number of hydrogen-bond donors (Lipinski definition) is 0. The molecule has 92 valence electrons. The molecular weight excluding hydrogens is 180 g/mol. The summed E-state index contributed by atoms with van der Waals surface area (Å²) in [5.41, 5.74) is 0. The van der Waals surface area contributed by atoms with E-state index in [-0.39, 0.29) is 0 Å². The summed E-state index contributed by atoms with van der Waals surface area (Å²) in [7, 11) is 0. The highest BCUT2D eigenvalue weighted by Crippen LogP contribution is 2.25. The average molecular weight is 212 g/mol. The quantitative estimate of drug-likeness (QED) is 0.462. The second-order valence-electron chi connectivity index (χ2n) is 5.41. The molecule has 0 N–H and O–H groups in total. The zero-order chi connectivity index (χ0) is 11.7. The van der Waals surface area contributed by atoms with Crippen LogP contribution in [0.5, 0.6) is 0 Å². The lowest BCUT2D eigenvalue weighted by Crippen LogP contribution is -2.08. The molecule has 0 aliphatic heterocycles. The molecule has 0 radical (unpaired) electrons. The molecule has 0 aromatic carbocycles. The predicted octanol–water partition coefficient (Wildman–Crippen LogP) is 5.67. The summed E-state index contributed by atoms with van der Waals surface area (Å²) < 4.78 is 0. The molecule has 0 aliphatic carbocycles. The van der Waals surface area contributed by atoms with Crippen LogP contribution in [-0.4, -0.2) is 0 Å². The molecular formula is C15H32. The van der Waals surface area contributed by atoms with Gasteiger partial charge in [0.15, 0.2) is 0 Å². The molecule has 15 heavy (non-hydrogen) atoms. The average Bonchev–Trinajstić information content (AvgIpc) is 2.22. The van der Waals surface area contributed by atoms with E-state index in [9.17, 15) is 0 Å². The highest BCUT2D eigenvalue weighted by molar-refractivity contribution is 4.64. The van der Waals surface area contributed by atoms with E-state index in [1.54, 1.807) is 0 Å². The maximum Gasteiger partial charge on any atom is -0.0394 e. The summed E-state index contributed by atoms with van der Waals surface area (Å²) in [4.78, 5) is 0. The smallest absolute Gasteiger partial charge is 0.0394 e. The van der Waals surface area contributed by atoms with Gasteiger partial charge in [-0.2, -0.15) is 0 Å². The SMILES string of the molecule is CCCC(CC)CCCC(CC)C(C)C. The third-order valence-electron chi connectivity index (χ3n) is 3.93. The van der Waals surface area contributed by atoms with E-state index in [2.05, 4.69) is 34.6 Å². The van der Waals surface area contributed by atoms with E-state index in [0.717, 1.165) is 17.8 Å². The van der Waals surface area contributed by atoms with Crippen LogP contribution in [0.25, 0.3) is 0 Å². The normalized spacial score (nSPS) is 15.6. The molecule has 0 fully saturated rings. The van der Waals surface area contributed by atoms with E-state index in [4.69, 9.17) is 0 Å². The van der Waals surface area contributed by atoms with Crippen molar-refractivity contribution in [1.29, 1.82) is 0 Å². The van der Waals surface area contributed by atoms with E-state index in [1.165, 1.54) is 44.9 Å². The van der Waals surface area contributed by atoms with E-state index in [0.29, 0.717) is 0 Å². The molecule has 0 aliphatic rings. The van der Waals surface area contributed by atoms with Gasteiger partial charge < -0.3 is 0 Å². The Bertz CT molecular complexity index is 126. The van der Waals surface area contributed by atoms with E-state index in [1.807, 2.05) is 0 Å². The fourth-order valence-electron chi connectivity index (χ4n) is 2.64. The molecule has 0 bridgehead atoms. The van der Waals surface area contributed by atoms with Crippen LogP contribution < -0.4 is 0 Å². The zero-order valence-corrected chi connectivity index (χ0v) is 11.7. The van der Waals surface area contributed by atoms with Crippen LogP contribution in [0.3, 0.4) is 0 Å². The zero-order valence-electron chi connectivity index (χ0n) is 11.7. The van der Waals surface area contributed by atoms with Gasteiger partial charge in [0.25, 0.3) is 0 Å². The molecule has 2 unspecified atom stereocenters. The highest BCUT2D eigenvalue weighted by Gasteiger charge is 2.12. The van der Waals surface area contributed by atoms with Gasteiger partial charge in [0.2, 0.25) is 0 Å². The van der Waals surface area contributed by atoms with Crippen LogP contribution >= 0.6 is 0 Å². The fraction of sp³-hybridized carbons (Fsp3) is 1.00. The van der Waals surface area contributed by atoms with Crippen molar-refractivity contribution >= 4 is 0 Å². The highest BCUT2D eigenvalue weighted by atomic mass is 14.2. The summed E-state index contributed by atoms with van der Waals surface area (Å²) in [5.74, 6) is 2.84. The Morgan fingerprint density at radius 2 is 1.47 bits per heavy atom. The molecule has 0 heterocycles. The van der Waals surface area contributed by atoms with Crippen molar-refractivity contribution in [2.75, 3.05) is 0 Å². The third-order valence-corrected chi connectivity index (χ3v) is 3.93. The predicted molar refractivity (Wildman–Crippen MR) is 71.2 cm³/mol. The van der Waals surface area contributed by atoms with Crippen molar-refractivity contribution in [2.24, 2.45) is 17.8 Å². The van der Waals surface area contributed by atoms with Crippen molar-refractivity contribution in [1.82, 2.24) is 0 Å². The summed E-state index contributed by atoms with van der Waals surface area (Å²) in [6.07, 6.45) is 9.92. The minimum atomic E-state index is 0.876. The van der Waals surface area contributed by atoms with Gasteiger partial charge in [-0.05, 0) is 17.8 Å². The Labute approximate surface area is 97.8 Å². The molecule has 0 nitrogen and oxygen atoms in total. The van der Waals surface area contributed by atoms with Crippen LogP contribution in [0.1, 0.15) is 79.6 Å².